The van der Waals surface area contributed by atoms with Gasteiger partial charge in [0.25, 0.3) is 0 Å². The van der Waals surface area contributed by atoms with Gasteiger partial charge in [0.1, 0.15) is 0 Å². The monoisotopic (exact) mass is 327 g/mol. The number of para-hydroxylation sites is 1. The van der Waals surface area contributed by atoms with E-state index in [1.165, 1.54) is 0 Å². The molecule has 0 aliphatic heterocycles. The molecule has 0 radical (unpaired) electrons. The summed E-state index contributed by atoms with van der Waals surface area (Å²) in [4.78, 5) is 11.8. The SMILES string of the molecule is O=C(c1ccccc1)c1ccccc1.c1ccc(-n2ccnn2)cc1. The van der Waals surface area contributed by atoms with Gasteiger partial charge in [0, 0.05) is 11.1 Å². The molecule has 0 bridgehead atoms. The minimum atomic E-state index is 0.0752. The summed E-state index contributed by atoms with van der Waals surface area (Å²) in [5, 5.41) is 7.56. The third kappa shape index (κ3) is 4.48. The number of carbonyl (C=O) groups is 1. The average Bonchev–Trinajstić information content (AvgIpc) is 3.25. The van der Waals surface area contributed by atoms with Gasteiger partial charge in [-0.3, -0.25) is 4.79 Å². The normalized spacial score (nSPS) is 9.76. The molecule has 0 N–H and O–H groups in total. The van der Waals surface area contributed by atoms with E-state index in [0.29, 0.717) is 0 Å². The maximum Gasteiger partial charge on any atom is 0.193 e. The van der Waals surface area contributed by atoms with Gasteiger partial charge in [-0.15, -0.1) is 5.10 Å². The molecule has 1 aromatic heterocycles. The molecule has 4 rings (SSSR count). The average molecular weight is 327 g/mol. The lowest BCUT2D eigenvalue weighted by Crippen LogP contribution is -1.99. The van der Waals surface area contributed by atoms with Crippen molar-refractivity contribution in [3.63, 3.8) is 0 Å². The maximum absolute atomic E-state index is 11.8. The molecule has 0 fully saturated rings. The third-order valence-corrected chi connectivity index (χ3v) is 3.52. The molecule has 25 heavy (non-hydrogen) atoms. The second-order valence-electron chi connectivity index (χ2n) is 5.24. The first kappa shape index (κ1) is 16.3. The highest BCUT2D eigenvalue weighted by molar-refractivity contribution is 6.08. The molecule has 0 saturated carbocycles. The van der Waals surface area contributed by atoms with E-state index < -0.39 is 0 Å². The summed E-state index contributed by atoms with van der Waals surface area (Å²) < 4.78 is 1.72. The van der Waals surface area contributed by atoms with Crippen LogP contribution in [-0.2, 0) is 0 Å². The van der Waals surface area contributed by atoms with Gasteiger partial charge in [-0.2, -0.15) is 0 Å². The zero-order valence-electron chi connectivity index (χ0n) is 13.6. The highest BCUT2D eigenvalue weighted by Crippen LogP contribution is 2.08. The van der Waals surface area contributed by atoms with Crippen LogP contribution in [0.3, 0.4) is 0 Å². The molecular formula is C21H17N3O. The van der Waals surface area contributed by atoms with Crippen LogP contribution in [0.2, 0.25) is 0 Å². The van der Waals surface area contributed by atoms with Crippen molar-refractivity contribution in [2.45, 2.75) is 0 Å². The summed E-state index contributed by atoms with van der Waals surface area (Å²) in [5.74, 6) is 0.0752. The molecule has 4 aromatic rings. The number of benzene rings is 3. The van der Waals surface area contributed by atoms with E-state index in [1.54, 1.807) is 10.9 Å². The van der Waals surface area contributed by atoms with Crippen LogP contribution in [0.1, 0.15) is 15.9 Å². The van der Waals surface area contributed by atoms with Crippen LogP contribution < -0.4 is 0 Å². The van der Waals surface area contributed by atoms with Gasteiger partial charge in [0.2, 0.25) is 0 Å². The summed E-state index contributed by atoms with van der Waals surface area (Å²) in [6, 6.07) is 28.5. The van der Waals surface area contributed by atoms with E-state index in [4.69, 9.17) is 0 Å². The molecule has 3 aromatic carbocycles. The number of hydrogen-bond donors (Lipinski definition) is 0. The topological polar surface area (TPSA) is 47.8 Å². The Morgan fingerprint density at radius 3 is 1.60 bits per heavy atom. The predicted octanol–water partition coefficient (Wildman–Crippen LogP) is 4.18. The van der Waals surface area contributed by atoms with E-state index in [0.717, 1.165) is 16.8 Å². The van der Waals surface area contributed by atoms with E-state index in [2.05, 4.69) is 10.3 Å². The lowest BCUT2D eigenvalue weighted by atomic mass is 10.0. The van der Waals surface area contributed by atoms with Crippen molar-refractivity contribution in [3.05, 3.63) is 115 Å². The zero-order chi connectivity index (χ0) is 17.3. The van der Waals surface area contributed by atoms with Gasteiger partial charge in [-0.05, 0) is 12.1 Å². The van der Waals surface area contributed by atoms with E-state index >= 15 is 0 Å². The summed E-state index contributed by atoms with van der Waals surface area (Å²) in [5.41, 5.74) is 2.50. The van der Waals surface area contributed by atoms with Crippen LogP contribution >= 0.6 is 0 Å². The van der Waals surface area contributed by atoms with Crippen LogP contribution in [0.4, 0.5) is 0 Å². The fourth-order valence-electron chi connectivity index (χ4n) is 2.27. The fraction of sp³-hybridized carbons (Fsp3) is 0. The number of carbonyl (C=O) groups excluding carboxylic acids is 1. The molecule has 122 valence electrons. The summed E-state index contributed by atoms with van der Waals surface area (Å²) in [6.07, 6.45) is 3.47. The Hall–Kier alpha value is -3.53. The summed E-state index contributed by atoms with van der Waals surface area (Å²) in [7, 11) is 0. The van der Waals surface area contributed by atoms with Crippen LogP contribution in [0.5, 0.6) is 0 Å². The highest BCUT2D eigenvalue weighted by Gasteiger charge is 2.06. The van der Waals surface area contributed by atoms with Gasteiger partial charge in [0.05, 0.1) is 18.1 Å². The standard InChI is InChI=1S/C13H10O.C8H7N3/c14-13(11-7-3-1-4-8-11)12-9-5-2-6-10-12;1-2-4-8(5-3-1)11-7-6-9-10-11/h1-10H;1-7H. The van der Waals surface area contributed by atoms with Gasteiger partial charge < -0.3 is 0 Å². The first-order valence-electron chi connectivity index (χ1n) is 7.91. The van der Waals surface area contributed by atoms with Crippen LogP contribution in [-0.4, -0.2) is 20.8 Å². The molecule has 0 amide bonds. The zero-order valence-corrected chi connectivity index (χ0v) is 13.6. The van der Waals surface area contributed by atoms with Crippen LogP contribution in [0.15, 0.2) is 103 Å². The van der Waals surface area contributed by atoms with Crippen LogP contribution in [0, 0.1) is 0 Å². The van der Waals surface area contributed by atoms with E-state index in [1.807, 2.05) is 97.2 Å². The van der Waals surface area contributed by atoms with Crippen molar-refractivity contribution >= 4 is 5.78 Å². The number of ketones is 1. The quantitative estimate of drug-likeness (QED) is 0.530. The largest absolute Gasteiger partial charge is 0.289 e. The number of rotatable bonds is 3. The second-order valence-corrected chi connectivity index (χ2v) is 5.24. The Kier molecular flexibility index (Phi) is 5.46. The predicted molar refractivity (Wildman–Crippen MR) is 97.7 cm³/mol. The Balaban J connectivity index is 0.000000150. The number of hydrogen-bond acceptors (Lipinski definition) is 3. The molecule has 0 atom stereocenters. The Morgan fingerprint density at radius 1 is 0.680 bits per heavy atom. The lowest BCUT2D eigenvalue weighted by Gasteiger charge is -1.99. The summed E-state index contributed by atoms with van der Waals surface area (Å²) in [6.45, 7) is 0. The van der Waals surface area contributed by atoms with Gasteiger partial charge in [0.15, 0.2) is 5.78 Å². The second kappa shape index (κ2) is 8.36. The first-order valence-corrected chi connectivity index (χ1v) is 7.91. The lowest BCUT2D eigenvalue weighted by molar-refractivity contribution is 0.103. The van der Waals surface area contributed by atoms with Crippen molar-refractivity contribution in [2.75, 3.05) is 0 Å². The molecule has 1 heterocycles. The molecule has 0 aliphatic carbocycles. The van der Waals surface area contributed by atoms with Crippen molar-refractivity contribution in [3.8, 4) is 5.69 Å². The maximum atomic E-state index is 11.8. The highest BCUT2D eigenvalue weighted by atomic mass is 16.1. The minimum Gasteiger partial charge on any atom is -0.289 e. The van der Waals surface area contributed by atoms with Crippen molar-refractivity contribution in [1.29, 1.82) is 0 Å². The molecule has 0 spiro atoms. The van der Waals surface area contributed by atoms with Gasteiger partial charge >= 0.3 is 0 Å². The first-order chi connectivity index (χ1) is 12.3. The van der Waals surface area contributed by atoms with E-state index in [9.17, 15) is 4.79 Å². The van der Waals surface area contributed by atoms with Crippen molar-refractivity contribution in [1.82, 2.24) is 15.0 Å². The van der Waals surface area contributed by atoms with Gasteiger partial charge in [-0.1, -0.05) is 84.1 Å². The Bertz CT molecular complexity index is 848. The Morgan fingerprint density at radius 2 is 1.16 bits per heavy atom. The summed E-state index contributed by atoms with van der Waals surface area (Å²) >= 11 is 0. The molecule has 0 saturated heterocycles. The fourth-order valence-corrected chi connectivity index (χ4v) is 2.27. The molecule has 0 unspecified atom stereocenters. The molecule has 4 heteroatoms. The number of aromatic nitrogens is 3. The van der Waals surface area contributed by atoms with Crippen molar-refractivity contribution in [2.24, 2.45) is 0 Å². The smallest absolute Gasteiger partial charge is 0.193 e. The minimum absolute atomic E-state index is 0.0752. The van der Waals surface area contributed by atoms with Crippen molar-refractivity contribution < 1.29 is 4.79 Å². The van der Waals surface area contributed by atoms with Gasteiger partial charge in [-0.25, -0.2) is 4.68 Å². The molecular weight excluding hydrogens is 310 g/mol. The van der Waals surface area contributed by atoms with E-state index in [-0.39, 0.29) is 5.78 Å². The Labute approximate surface area is 146 Å². The third-order valence-electron chi connectivity index (χ3n) is 3.52. The molecule has 4 nitrogen and oxygen atoms in total. The van der Waals surface area contributed by atoms with Crippen LogP contribution in [0.25, 0.3) is 5.69 Å². The number of nitrogens with zero attached hydrogens (tertiary/aromatic N) is 3. The molecule has 0 aliphatic rings.